The van der Waals surface area contributed by atoms with Crippen LogP contribution in [0.15, 0.2) is 33.2 Å². The molecule has 0 fully saturated rings. The van der Waals surface area contributed by atoms with Crippen LogP contribution in [0.5, 0.6) is 0 Å². The van der Waals surface area contributed by atoms with Gasteiger partial charge in [-0.3, -0.25) is 4.79 Å². The smallest absolute Gasteiger partial charge is 0.318 e. The summed E-state index contributed by atoms with van der Waals surface area (Å²) in [5, 5.41) is 5.99. The molecule has 11 heteroatoms. The van der Waals surface area contributed by atoms with Crippen LogP contribution in [0.4, 0.5) is 23.2 Å². The summed E-state index contributed by atoms with van der Waals surface area (Å²) >= 11 is 6.14. The van der Waals surface area contributed by atoms with Crippen LogP contribution in [0.2, 0.25) is 0 Å². The van der Waals surface area contributed by atoms with Gasteiger partial charge in [0.15, 0.2) is 11.3 Å². The molecule has 0 aliphatic rings. The number of aromatic nitrogens is 3. The molecule has 2 aromatic heterocycles. The van der Waals surface area contributed by atoms with Crippen molar-refractivity contribution in [2.75, 3.05) is 5.32 Å². The van der Waals surface area contributed by atoms with E-state index in [1.54, 1.807) is 0 Å². The second kappa shape index (κ2) is 6.62. The van der Waals surface area contributed by atoms with Gasteiger partial charge in [-0.25, -0.2) is 13.9 Å². The highest BCUT2D eigenvalue weighted by Gasteiger charge is 2.36. The first-order valence-corrected chi connectivity index (χ1v) is 8.56. The molecule has 26 heavy (non-hydrogen) atoms. The van der Waals surface area contributed by atoms with Crippen molar-refractivity contribution in [3.63, 3.8) is 0 Å². The van der Waals surface area contributed by atoms with Crippen LogP contribution in [0.3, 0.4) is 0 Å². The van der Waals surface area contributed by atoms with Gasteiger partial charge in [-0.2, -0.15) is 18.3 Å². The minimum atomic E-state index is -4.69. The second-order valence-electron chi connectivity index (χ2n) is 5.26. The number of alkyl halides is 3. The molecular formula is C15H8Br2F4N4O. The molecule has 3 aromatic rings. The Morgan fingerprint density at radius 1 is 1.23 bits per heavy atom. The third kappa shape index (κ3) is 3.45. The van der Waals surface area contributed by atoms with Gasteiger partial charge in [0, 0.05) is 10.2 Å². The topological polar surface area (TPSA) is 59.3 Å². The Labute approximate surface area is 160 Å². The molecule has 3 rings (SSSR count). The van der Waals surface area contributed by atoms with Crippen molar-refractivity contribution in [3.05, 3.63) is 56.1 Å². The van der Waals surface area contributed by atoms with Crippen molar-refractivity contribution in [3.8, 4) is 0 Å². The van der Waals surface area contributed by atoms with Crippen molar-refractivity contribution < 1.29 is 22.4 Å². The standard InChI is InChI=1S/C15H8Br2F4N4O/c1-6-4-10(15(19,20)21)25-13(22-6)11(17)12(24-25)14(26)23-9-3-2-7(16)5-8(9)18/h2-5H,1H3,(H,23,26). The van der Waals surface area contributed by atoms with Gasteiger partial charge in [0.25, 0.3) is 5.91 Å². The van der Waals surface area contributed by atoms with Crippen molar-refractivity contribution in [2.24, 2.45) is 0 Å². The zero-order valence-electron chi connectivity index (χ0n) is 12.8. The number of amides is 1. The van der Waals surface area contributed by atoms with E-state index in [-0.39, 0.29) is 27.2 Å². The molecule has 0 saturated heterocycles. The van der Waals surface area contributed by atoms with Crippen molar-refractivity contribution >= 4 is 49.1 Å². The monoisotopic (exact) mass is 494 g/mol. The molecular weight excluding hydrogens is 488 g/mol. The van der Waals surface area contributed by atoms with Crippen LogP contribution >= 0.6 is 31.9 Å². The fraction of sp³-hybridized carbons (Fsp3) is 0.133. The maximum absolute atomic E-state index is 13.9. The average molecular weight is 496 g/mol. The molecule has 5 nitrogen and oxygen atoms in total. The van der Waals surface area contributed by atoms with E-state index < -0.39 is 23.6 Å². The molecule has 0 spiro atoms. The number of anilines is 1. The van der Waals surface area contributed by atoms with E-state index >= 15 is 0 Å². The van der Waals surface area contributed by atoms with Gasteiger partial charge in [0.05, 0.1) is 10.2 Å². The fourth-order valence-corrected chi connectivity index (χ4v) is 3.08. The Bertz CT molecular complexity index is 1030. The van der Waals surface area contributed by atoms with E-state index in [9.17, 15) is 22.4 Å². The van der Waals surface area contributed by atoms with Crippen LogP contribution in [0, 0.1) is 12.7 Å². The molecule has 0 saturated carbocycles. The van der Waals surface area contributed by atoms with Crippen LogP contribution in [-0.4, -0.2) is 20.5 Å². The molecule has 0 aliphatic heterocycles. The largest absolute Gasteiger partial charge is 0.433 e. The van der Waals surface area contributed by atoms with Crippen LogP contribution in [0.25, 0.3) is 5.65 Å². The predicted molar refractivity (Wildman–Crippen MR) is 92.5 cm³/mol. The van der Waals surface area contributed by atoms with E-state index in [1.165, 1.54) is 19.1 Å². The Kier molecular flexibility index (Phi) is 4.78. The molecule has 0 bridgehead atoms. The average Bonchev–Trinajstić information content (AvgIpc) is 2.85. The molecule has 136 valence electrons. The lowest BCUT2D eigenvalue weighted by molar-refractivity contribution is -0.142. The molecule has 2 heterocycles. The molecule has 1 amide bonds. The fourth-order valence-electron chi connectivity index (χ4n) is 2.23. The number of hydrogen-bond acceptors (Lipinski definition) is 3. The van der Waals surface area contributed by atoms with Crippen molar-refractivity contribution in [1.29, 1.82) is 0 Å². The van der Waals surface area contributed by atoms with Gasteiger partial charge in [0.2, 0.25) is 0 Å². The highest BCUT2D eigenvalue weighted by Crippen LogP contribution is 2.32. The first-order chi connectivity index (χ1) is 12.1. The summed E-state index contributed by atoms with van der Waals surface area (Å²) in [6.45, 7) is 1.39. The Morgan fingerprint density at radius 3 is 2.54 bits per heavy atom. The molecule has 0 radical (unpaired) electrons. The second-order valence-corrected chi connectivity index (χ2v) is 6.97. The SMILES string of the molecule is Cc1cc(C(F)(F)F)n2nc(C(=O)Nc3ccc(Br)cc3F)c(Br)c2n1. The minimum absolute atomic E-state index is 0.0262. The van der Waals surface area contributed by atoms with Crippen molar-refractivity contribution in [2.45, 2.75) is 13.1 Å². The molecule has 1 N–H and O–H groups in total. The number of nitrogens with zero attached hydrogens (tertiary/aromatic N) is 3. The summed E-state index contributed by atoms with van der Waals surface area (Å²) in [4.78, 5) is 16.4. The number of carbonyl (C=O) groups excluding carboxylic acids is 1. The number of carbonyl (C=O) groups is 1. The summed E-state index contributed by atoms with van der Waals surface area (Å²) in [6, 6.07) is 4.78. The first kappa shape index (κ1) is 18.8. The van der Waals surface area contributed by atoms with E-state index in [0.29, 0.717) is 8.99 Å². The highest BCUT2D eigenvalue weighted by molar-refractivity contribution is 9.11. The quantitative estimate of drug-likeness (QED) is 0.510. The lowest BCUT2D eigenvalue weighted by atomic mass is 10.3. The van der Waals surface area contributed by atoms with E-state index in [1.807, 2.05) is 0 Å². The Morgan fingerprint density at radius 2 is 1.92 bits per heavy atom. The van der Waals surface area contributed by atoms with Gasteiger partial charge in [-0.05, 0) is 47.1 Å². The molecule has 0 atom stereocenters. The number of halogens is 6. The summed E-state index contributed by atoms with van der Waals surface area (Å²) in [5.74, 6) is -1.59. The number of nitrogens with one attached hydrogen (secondary N) is 1. The minimum Gasteiger partial charge on any atom is -0.318 e. The lowest BCUT2D eigenvalue weighted by Crippen LogP contribution is -2.16. The van der Waals surface area contributed by atoms with Crippen LogP contribution < -0.4 is 5.32 Å². The first-order valence-electron chi connectivity index (χ1n) is 6.97. The van der Waals surface area contributed by atoms with Crippen LogP contribution in [-0.2, 0) is 6.18 Å². The zero-order valence-corrected chi connectivity index (χ0v) is 16.0. The van der Waals surface area contributed by atoms with E-state index in [0.717, 1.165) is 12.1 Å². The Balaban J connectivity index is 2.08. The Hall–Kier alpha value is -2.01. The summed E-state index contributed by atoms with van der Waals surface area (Å²) in [6.07, 6.45) is -4.69. The predicted octanol–water partition coefficient (Wildman–Crippen LogP) is 4.97. The number of fused-ring (bicyclic) bond motifs is 1. The summed E-state index contributed by atoms with van der Waals surface area (Å²) < 4.78 is 54.5. The molecule has 0 aliphatic carbocycles. The number of benzene rings is 1. The maximum Gasteiger partial charge on any atom is 0.433 e. The van der Waals surface area contributed by atoms with Gasteiger partial charge < -0.3 is 5.32 Å². The zero-order chi connectivity index (χ0) is 19.2. The normalized spacial score (nSPS) is 11.8. The van der Waals surface area contributed by atoms with Gasteiger partial charge in [-0.1, -0.05) is 15.9 Å². The third-order valence-electron chi connectivity index (χ3n) is 3.35. The maximum atomic E-state index is 13.9. The molecule has 0 unspecified atom stereocenters. The van der Waals surface area contributed by atoms with E-state index in [2.05, 4.69) is 47.3 Å². The number of aryl methyl sites for hydroxylation is 1. The number of hydrogen-bond donors (Lipinski definition) is 1. The van der Waals surface area contributed by atoms with Crippen LogP contribution in [0.1, 0.15) is 21.9 Å². The lowest BCUT2D eigenvalue weighted by Gasteiger charge is -2.09. The van der Waals surface area contributed by atoms with Gasteiger partial charge in [-0.15, -0.1) is 0 Å². The summed E-state index contributed by atoms with van der Waals surface area (Å²) in [5.41, 5.74) is -1.62. The number of rotatable bonds is 2. The molecule has 1 aromatic carbocycles. The van der Waals surface area contributed by atoms with E-state index in [4.69, 9.17) is 0 Å². The summed E-state index contributed by atoms with van der Waals surface area (Å²) in [7, 11) is 0. The highest BCUT2D eigenvalue weighted by atomic mass is 79.9. The van der Waals surface area contributed by atoms with Gasteiger partial charge in [0.1, 0.15) is 11.5 Å². The van der Waals surface area contributed by atoms with Gasteiger partial charge >= 0.3 is 6.18 Å². The third-order valence-corrected chi connectivity index (χ3v) is 4.57. The van der Waals surface area contributed by atoms with Crippen molar-refractivity contribution in [1.82, 2.24) is 14.6 Å².